The van der Waals surface area contributed by atoms with Gasteiger partial charge >= 0.3 is 0 Å². The van der Waals surface area contributed by atoms with E-state index in [2.05, 4.69) is 54.0 Å². The summed E-state index contributed by atoms with van der Waals surface area (Å²) in [6.45, 7) is 16.0. The Morgan fingerprint density at radius 3 is 2.45 bits per heavy atom. The molecule has 0 amide bonds. The summed E-state index contributed by atoms with van der Waals surface area (Å²) in [6.07, 6.45) is 0. The molecule has 0 unspecified atom stereocenters. The lowest BCUT2D eigenvalue weighted by atomic mass is 10.1. The third-order valence-electron chi connectivity index (χ3n) is 3.70. The summed E-state index contributed by atoms with van der Waals surface area (Å²) >= 11 is 0. The van der Waals surface area contributed by atoms with Crippen molar-refractivity contribution < 1.29 is 4.52 Å². The van der Waals surface area contributed by atoms with Crippen molar-refractivity contribution in [2.75, 3.05) is 32.7 Å². The molecule has 20 heavy (non-hydrogen) atoms. The van der Waals surface area contributed by atoms with Gasteiger partial charge in [0.15, 0.2) is 5.76 Å². The molecule has 1 N–H and O–H groups in total. The molecule has 114 valence electrons. The highest BCUT2D eigenvalue weighted by atomic mass is 16.5. The standard InChI is InChI=1S/C15H28N4O/c1-5-18-6-8-19(9-7-18)12-14-10-13(17-20-14)11-16-15(2,3)4/h10,16H,5-9,11-12H2,1-4H3. The molecule has 5 nitrogen and oxygen atoms in total. The fraction of sp³-hybridized carbons (Fsp3) is 0.800. The van der Waals surface area contributed by atoms with Crippen LogP contribution in [0.3, 0.4) is 0 Å². The maximum Gasteiger partial charge on any atom is 0.151 e. The lowest BCUT2D eigenvalue weighted by Crippen LogP contribution is -2.45. The molecule has 2 rings (SSSR count). The van der Waals surface area contributed by atoms with Crippen LogP contribution in [0.15, 0.2) is 10.6 Å². The summed E-state index contributed by atoms with van der Waals surface area (Å²) in [7, 11) is 0. The van der Waals surface area contributed by atoms with Gasteiger partial charge in [-0.25, -0.2) is 0 Å². The maximum atomic E-state index is 5.44. The predicted octanol–water partition coefficient (Wildman–Crippen LogP) is 1.70. The van der Waals surface area contributed by atoms with Crippen molar-refractivity contribution in [1.29, 1.82) is 0 Å². The number of aromatic nitrogens is 1. The molecular formula is C15H28N4O. The number of nitrogens with zero attached hydrogens (tertiary/aromatic N) is 3. The summed E-state index contributed by atoms with van der Waals surface area (Å²) in [4.78, 5) is 4.92. The average molecular weight is 280 g/mol. The van der Waals surface area contributed by atoms with Crippen LogP contribution in [0.5, 0.6) is 0 Å². The van der Waals surface area contributed by atoms with Gasteiger partial charge < -0.3 is 14.7 Å². The molecule has 0 bridgehead atoms. The topological polar surface area (TPSA) is 44.5 Å². The molecule has 1 aliphatic heterocycles. The molecular weight excluding hydrogens is 252 g/mol. The van der Waals surface area contributed by atoms with E-state index in [-0.39, 0.29) is 5.54 Å². The van der Waals surface area contributed by atoms with E-state index in [1.54, 1.807) is 0 Å². The summed E-state index contributed by atoms with van der Waals surface area (Å²) in [5, 5.41) is 7.57. The summed E-state index contributed by atoms with van der Waals surface area (Å²) in [5.74, 6) is 0.973. The molecule has 0 aliphatic carbocycles. The van der Waals surface area contributed by atoms with Crippen molar-refractivity contribution in [2.45, 2.75) is 46.3 Å². The zero-order valence-electron chi connectivity index (χ0n) is 13.3. The molecule has 0 radical (unpaired) electrons. The Balaban J connectivity index is 1.78. The van der Waals surface area contributed by atoms with E-state index in [0.29, 0.717) is 0 Å². The molecule has 1 saturated heterocycles. The van der Waals surface area contributed by atoms with Crippen LogP contribution in [-0.4, -0.2) is 53.2 Å². The maximum absolute atomic E-state index is 5.44. The molecule has 1 fully saturated rings. The Morgan fingerprint density at radius 2 is 1.85 bits per heavy atom. The van der Waals surface area contributed by atoms with Gasteiger partial charge in [0.2, 0.25) is 0 Å². The van der Waals surface area contributed by atoms with Crippen LogP contribution in [-0.2, 0) is 13.1 Å². The number of hydrogen-bond donors (Lipinski definition) is 1. The third kappa shape index (κ3) is 4.89. The zero-order chi connectivity index (χ0) is 14.6. The van der Waals surface area contributed by atoms with Gasteiger partial charge in [-0.05, 0) is 27.3 Å². The van der Waals surface area contributed by atoms with Crippen LogP contribution < -0.4 is 5.32 Å². The predicted molar refractivity (Wildman–Crippen MR) is 80.5 cm³/mol. The highest BCUT2D eigenvalue weighted by Crippen LogP contribution is 2.11. The fourth-order valence-electron chi connectivity index (χ4n) is 2.35. The second-order valence-electron chi connectivity index (χ2n) is 6.60. The molecule has 5 heteroatoms. The van der Waals surface area contributed by atoms with Crippen molar-refractivity contribution in [3.8, 4) is 0 Å². The number of rotatable bonds is 5. The lowest BCUT2D eigenvalue weighted by Gasteiger charge is -2.33. The van der Waals surface area contributed by atoms with Gasteiger partial charge in [-0.15, -0.1) is 0 Å². The van der Waals surface area contributed by atoms with E-state index < -0.39 is 0 Å². The third-order valence-corrected chi connectivity index (χ3v) is 3.70. The highest BCUT2D eigenvalue weighted by molar-refractivity contribution is 5.05. The molecule has 2 heterocycles. The highest BCUT2D eigenvalue weighted by Gasteiger charge is 2.17. The molecule has 0 spiro atoms. The first kappa shape index (κ1) is 15.5. The van der Waals surface area contributed by atoms with Gasteiger partial charge in [-0.2, -0.15) is 0 Å². The minimum Gasteiger partial charge on any atom is -0.360 e. The van der Waals surface area contributed by atoms with Crippen LogP contribution in [0.2, 0.25) is 0 Å². The number of piperazine rings is 1. The summed E-state index contributed by atoms with van der Waals surface area (Å²) in [5.41, 5.74) is 1.09. The van der Waals surface area contributed by atoms with E-state index in [9.17, 15) is 0 Å². The van der Waals surface area contributed by atoms with Gasteiger partial charge in [-0.3, -0.25) is 4.90 Å². The Kier molecular flexibility index (Phi) is 5.18. The smallest absolute Gasteiger partial charge is 0.151 e. The van der Waals surface area contributed by atoms with Crippen LogP contribution in [0, 0.1) is 0 Å². The molecule has 0 atom stereocenters. The van der Waals surface area contributed by atoms with E-state index in [4.69, 9.17) is 4.52 Å². The van der Waals surface area contributed by atoms with Gasteiger partial charge in [0.05, 0.1) is 12.2 Å². The normalized spacial score (nSPS) is 18.6. The summed E-state index contributed by atoms with van der Waals surface area (Å²) in [6, 6.07) is 2.07. The van der Waals surface area contributed by atoms with Crippen molar-refractivity contribution >= 4 is 0 Å². The van der Waals surface area contributed by atoms with Gasteiger partial charge in [-0.1, -0.05) is 12.1 Å². The Labute approximate surface area is 122 Å². The second kappa shape index (κ2) is 6.70. The van der Waals surface area contributed by atoms with Crippen LogP contribution >= 0.6 is 0 Å². The molecule has 1 aromatic heterocycles. The Hall–Kier alpha value is -0.910. The fourth-order valence-corrected chi connectivity index (χ4v) is 2.35. The van der Waals surface area contributed by atoms with Crippen molar-refractivity contribution in [1.82, 2.24) is 20.3 Å². The molecule has 1 aliphatic rings. The van der Waals surface area contributed by atoms with Crippen molar-refractivity contribution in [3.63, 3.8) is 0 Å². The largest absolute Gasteiger partial charge is 0.360 e. The first-order valence-electron chi connectivity index (χ1n) is 7.60. The van der Waals surface area contributed by atoms with Gasteiger partial charge in [0.1, 0.15) is 0 Å². The van der Waals surface area contributed by atoms with E-state index >= 15 is 0 Å². The average Bonchev–Trinajstić information content (AvgIpc) is 2.84. The van der Waals surface area contributed by atoms with Crippen LogP contribution in [0.1, 0.15) is 39.1 Å². The SMILES string of the molecule is CCN1CCN(Cc2cc(CNC(C)(C)C)no2)CC1. The second-order valence-corrected chi connectivity index (χ2v) is 6.60. The van der Waals surface area contributed by atoms with E-state index in [0.717, 1.165) is 57.3 Å². The van der Waals surface area contributed by atoms with Crippen LogP contribution in [0.4, 0.5) is 0 Å². The lowest BCUT2D eigenvalue weighted by molar-refractivity contribution is 0.122. The van der Waals surface area contributed by atoms with E-state index in [1.165, 1.54) is 0 Å². The molecule has 0 saturated carbocycles. The zero-order valence-corrected chi connectivity index (χ0v) is 13.3. The van der Waals surface area contributed by atoms with Gasteiger partial charge in [0, 0.05) is 44.3 Å². The first-order chi connectivity index (χ1) is 9.46. The molecule has 1 aromatic rings. The molecule has 0 aromatic carbocycles. The minimum atomic E-state index is 0.107. The quantitative estimate of drug-likeness (QED) is 0.889. The van der Waals surface area contributed by atoms with E-state index in [1.807, 2.05) is 0 Å². The van der Waals surface area contributed by atoms with Crippen LogP contribution in [0.25, 0.3) is 0 Å². The first-order valence-corrected chi connectivity index (χ1v) is 7.60. The Bertz CT molecular complexity index is 402. The minimum absolute atomic E-state index is 0.107. The Morgan fingerprint density at radius 1 is 1.20 bits per heavy atom. The van der Waals surface area contributed by atoms with Crippen molar-refractivity contribution in [2.24, 2.45) is 0 Å². The number of nitrogens with one attached hydrogen (secondary N) is 1. The summed E-state index contributed by atoms with van der Waals surface area (Å²) < 4.78 is 5.44. The number of likely N-dealkylation sites (N-methyl/N-ethyl adjacent to an activating group) is 1. The number of hydrogen-bond acceptors (Lipinski definition) is 5. The van der Waals surface area contributed by atoms with Gasteiger partial charge in [0.25, 0.3) is 0 Å². The van der Waals surface area contributed by atoms with Crippen molar-refractivity contribution in [3.05, 3.63) is 17.5 Å². The monoisotopic (exact) mass is 280 g/mol.